The fourth-order valence-corrected chi connectivity index (χ4v) is 0.734. The van der Waals surface area contributed by atoms with Gasteiger partial charge in [-0.25, -0.2) is 4.79 Å². The maximum absolute atomic E-state index is 10.1. The van der Waals surface area contributed by atoms with Crippen LogP contribution in [0.3, 0.4) is 0 Å². The van der Waals surface area contributed by atoms with Gasteiger partial charge in [0.1, 0.15) is 6.54 Å². The minimum absolute atomic E-state index is 0.0377. The lowest BCUT2D eigenvalue weighted by atomic mass is 10.3. The van der Waals surface area contributed by atoms with Crippen molar-refractivity contribution in [2.75, 3.05) is 11.9 Å². The van der Waals surface area contributed by atoms with Gasteiger partial charge in [-0.3, -0.25) is 4.79 Å². The van der Waals surface area contributed by atoms with Crippen molar-refractivity contribution in [2.45, 2.75) is 0 Å². The molecule has 6 nitrogen and oxygen atoms in total. The first-order valence-electron chi connectivity index (χ1n) is 4.01. The fraction of sp³-hybridized carbons (Fsp3) is 0.111. The normalized spacial score (nSPS) is 8.27. The van der Waals surface area contributed by atoms with Gasteiger partial charge in [0, 0.05) is 5.69 Å². The Hall–Kier alpha value is -2.24. The van der Waals surface area contributed by atoms with Gasteiger partial charge in [0.25, 0.3) is 0 Å². The van der Waals surface area contributed by atoms with Gasteiger partial charge in [-0.15, -0.1) is 0 Å². The second kappa shape index (κ2) is 7.19. The Balaban J connectivity index is 0.000000423. The number of para-hydroxylation sites is 1. The molecule has 0 bridgehead atoms. The van der Waals surface area contributed by atoms with E-state index in [9.17, 15) is 4.79 Å². The summed E-state index contributed by atoms with van der Waals surface area (Å²) in [5, 5.41) is 18.3. The molecule has 0 radical (unpaired) electrons. The molecule has 1 rings (SSSR count). The monoisotopic (exact) mass is 212 g/mol. The van der Waals surface area contributed by atoms with Crippen molar-refractivity contribution >= 4 is 17.7 Å². The molecule has 0 fully saturated rings. The number of nitrogens with two attached hydrogens (primary N) is 1. The molecule has 0 saturated carbocycles. The van der Waals surface area contributed by atoms with Gasteiger partial charge < -0.3 is 21.3 Å². The van der Waals surface area contributed by atoms with Gasteiger partial charge in [-0.2, -0.15) is 0 Å². The van der Waals surface area contributed by atoms with Gasteiger partial charge in [0.15, 0.2) is 0 Å². The molecule has 1 aromatic rings. The third-order valence-electron chi connectivity index (χ3n) is 1.22. The van der Waals surface area contributed by atoms with E-state index < -0.39 is 12.1 Å². The zero-order chi connectivity index (χ0) is 11.7. The van der Waals surface area contributed by atoms with E-state index in [0.717, 1.165) is 5.69 Å². The van der Waals surface area contributed by atoms with Crippen molar-refractivity contribution in [2.24, 2.45) is 5.73 Å². The Morgan fingerprint density at radius 1 is 1.20 bits per heavy atom. The molecule has 1 amide bonds. The number of carbonyl (C=O) groups is 2. The highest BCUT2D eigenvalue weighted by Crippen LogP contribution is 2.03. The molecule has 5 N–H and O–H groups in total. The number of aliphatic carboxylic acids is 1. The van der Waals surface area contributed by atoms with Crippen molar-refractivity contribution in [3.05, 3.63) is 30.3 Å². The molecule has 15 heavy (non-hydrogen) atoms. The second-order valence-electron chi connectivity index (χ2n) is 2.45. The molecular formula is C9H12N2O4. The van der Waals surface area contributed by atoms with Crippen LogP contribution in [-0.4, -0.2) is 28.8 Å². The number of carboxylic acids is 1. The quantitative estimate of drug-likeness (QED) is 0.592. The SMILES string of the molecule is NC(=O)O.O=C(O)CNc1ccccc1. The first kappa shape index (κ1) is 12.8. The van der Waals surface area contributed by atoms with E-state index in [2.05, 4.69) is 11.1 Å². The summed E-state index contributed by atoms with van der Waals surface area (Å²) in [6, 6.07) is 9.23. The molecule has 1 aromatic carbocycles. The van der Waals surface area contributed by atoms with Crippen molar-refractivity contribution in [3.8, 4) is 0 Å². The third-order valence-corrected chi connectivity index (χ3v) is 1.22. The standard InChI is InChI=1S/C8H9NO2.CH3NO2/c10-8(11)6-9-7-4-2-1-3-5-7;2-1(3)4/h1-5,9H,6H2,(H,10,11);2H2,(H,3,4). The molecular weight excluding hydrogens is 200 g/mol. The highest BCUT2D eigenvalue weighted by atomic mass is 16.4. The lowest BCUT2D eigenvalue weighted by Crippen LogP contribution is -2.11. The number of carboxylic acid groups (broad SMARTS) is 2. The lowest BCUT2D eigenvalue weighted by Gasteiger charge is -2.00. The van der Waals surface area contributed by atoms with E-state index in [-0.39, 0.29) is 6.54 Å². The molecule has 0 aliphatic heterocycles. The van der Waals surface area contributed by atoms with Crippen LogP contribution in [0.4, 0.5) is 10.5 Å². The van der Waals surface area contributed by atoms with Gasteiger partial charge in [-0.1, -0.05) is 18.2 Å². The van der Waals surface area contributed by atoms with E-state index in [1.807, 2.05) is 30.3 Å². The summed E-state index contributed by atoms with van der Waals surface area (Å²) in [6.07, 6.45) is -1.33. The molecule has 0 aliphatic rings. The lowest BCUT2D eigenvalue weighted by molar-refractivity contribution is -0.134. The number of anilines is 1. The van der Waals surface area contributed by atoms with Crippen molar-refractivity contribution in [1.82, 2.24) is 0 Å². The Kier molecular flexibility index (Phi) is 6.12. The van der Waals surface area contributed by atoms with E-state index >= 15 is 0 Å². The summed E-state index contributed by atoms with van der Waals surface area (Å²) in [5.74, 6) is -0.853. The van der Waals surface area contributed by atoms with Gasteiger partial charge >= 0.3 is 12.1 Å². The smallest absolute Gasteiger partial charge is 0.402 e. The van der Waals surface area contributed by atoms with Crippen molar-refractivity contribution in [3.63, 3.8) is 0 Å². The van der Waals surface area contributed by atoms with E-state index in [1.165, 1.54) is 0 Å². The van der Waals surface area contributed by atoms with E-state index in [4.69, 9.17) is 15.0 Å². The summed E-state index contributed by atoms with van der Waals surface area (Å²) < 4.78 is 0. The molecule has 0 aromatic heterocycles. The van der Waals surface area contributed by atoms with E-state index in [0.29, 0.717) is 0 Å². The fourth-order valence-electron chi connectivity index (χ4n) is 0.734. The van der Waals surface area contributed by atoms with Gasteiger partial charge in [0.05, 0.1) is 0 Å². The highest BCUT2D eigenvalue weighted by molar-refractivity contribution is 5.72. The Morgan fingerprint density at radius 3 is 2.07 bits per heavy atom. The minimum atomic E-state index is -1.33. The summed E-state index contributed by atoms with van der Waals surface area (Å²) in [4.78, 5) is 18.9. The maximum Gasteiger partial charge on any atom is 0.402 e. The highest BCUT2D eigenvalue weighted by Gasteiger charge is 1.93. The van der Waals surface area contributed by atoms with Crippen molar-refractivity contribution < 1.29 is 19.8 Å². The van der Waals surface area contributed by atoms with Crippen LogP contribution in [0.2, 0.25) is 0 Å². The largest absolute Gasteiger partial charge is 0.480 e. The summed E-state index contributed by atoms with van der Waals surface area (Å²) >= 11 is 0. The first-order valence-corrected chi connectivity index (χ1v) is 4.01. The van der Waals surface area contributed by atoms with Crippen LogP contribution in [0.1, 0.15) is 0 Å². The third kappa shape index (κ3) is 9.68. The van der Waals surface area contributed by atoms with Crippen LogP contribution in [0.15, 0.2) is 30.3 Å². The number of amides is 1. The molecule has 0 heterocycles. The average molecular weight is 212 g/mol. The zero-order valence-corrected chi connectivity index (χ0v) is 7.88. The molecule has 0 saturated heterocycles. The Labute approximate surface area is 86.3 Å². The minimum Gasteiger partial charge on any atom is -0.480 e. The van der Waals surface area contributed by atoms with Crippen LogP contribution in [-0.2, 0) is 4.79 Å². The molecule has 0 unspecified atom stereocenters. The van der Waals surface area contributed by atoms with Crippen molar-refractivity contribution in [1.29, 1.82) is 0 Å². The molecule has 0 atom stereocenters. The first-order chi connectivity index (χ1) is 7.02. The molecule has 0 spiro atoms. The number of nitrogens with one attached hydrogen (secondary N) is 1. The second-order valence-corrected chi connectivity index (χ2v) is 2.45. The number of hydrogen-bond donors (Lipinski definition) is 4. The van der Waals surface area contributed by atoms with Crippen LogP contribution in [0.5, 0.6) is 0 Å². The predicted molar refractivity (Wildman–Crippen MR) is 54.8 cm³/mol. The Bertz CT molecular complexity index is 309. The van der Waals surface area contributed by atoms with Crippen LogP contribution in [0, 0.1) is 0 Å². The number of benzene rings is 1. The number of rotatable bonds is 3. The molecule has 82 valence electrons. The van der Waals surface area contributed by atoms with E-state index in [1.54, 1.807) is 0 Å². The summed E-state index contributed by atoms with van der Waals surface area (Å²) in [7, 11) is 0. The topological polar surface area (TPSA) is 113 Å². The molecule has 0 aliphatic carbocycles. The number of hydrogen-bond acceptors (Lipinski definition) is 3. The maximum atomic E-state index is 10.1. The van der Waals surface area contributed by atoms with Gasteiger partial charge in [-0.05, 0) is 12.1 Å². The Morgan fingerprint density at radius 2 is 1.67 bits per heavy atom. The predicted octanol–water partition coefficient (Wildman–Crippen LogP) is 0.806. The van der Waals surface area contributed by atoms with Crippen LogP contribution in [0.25, 0.3) is 0 Å². The van der Waals surface area contributed by atoms with Gasteiger partial charge in [0.2, 0.25) is 0 Å². The van der Waals surface area contributed by atoms with Crippen LogP contribution < -0.4 is 11.1 Å². The summed E-state index contributed by atoms with van der Waals surface area (Å²) in [5.41, 5.74) is 4.86. The average Bonchev–Trinajstić information content (AvgIpc) is 2.15. The number of primary amides is 1. The summed E-state index contributed by atoms with van der Waals surface area (Å²) in [6.45, 7) is -0.0377. The van der Waals surface area contributed by atoms with Crippen LogP contribution >= 0.6 is 0 Å². The molecule has 6 heteroatoms. The zero-order valence-electron chi connectivity index (χ0n) is 7.88.